The van der Waals surface area contributed by atoms with Crippen LogP contribution in [0.25, 0.3) is 0 Å². The first kappa shape index (κ1) is 17.6. The van der Waals surface area contributed by atoms with Gasteiger partial charge in [-0.25, -0.2) is 4.39 Å². The van der Waals surface area contributed by atoms with Crippen LogP contribution < -0.4 is 5.32 Å². The molecule has 1 rings (SSSR count). The van der Waals surface area contributed by atoms with Crippen LogP contribution in [0.4, 0.5) is 4.39 Å². The smallest absolute Gasteiger partial charge is 0.222 e. The van der Waals surface area contributed by atoms with Gasteiger partial charge in [0.05, 0.1) is 6.54 Å². The number of hydrogen-bond donors (Lipinski definition) is 2. The average Bonchev–Trinajstić information content (AvgIpc) is 2.45. The van der Waals surface area contributed by atoms with E-state index in [0.717, 1.165) is 12.8 Å². The van der Waals surface area contributed by atoms with Crippen LogP contribution in [0.15, 0.2) is 24.3 Å². The van der Waals surface area contributed by atoms with Crippen LogP contribution >= 0.6 is 0 Å². The van der Waals surface area contributed by atoms with E-state index in [9.17, 15) is 14.3 Å². The van der Waals surface area contributed by atoms with Crippen LogP contribution in [-0.4, -0.2) is 31.3 Å². The largest absolute Gasteiger partial charge is 0.385 e. The van der Waals surface area contributed by atoms with E-state index in [2.05, 4.69) is 5.32 Å². The summed E-state index contributed by atoms with van der Waals surface area (Å²) in [5.41, 5.74) is -0.661. The summed E-state index contributed by atoms with van der Waals surface area (Å²) >= 11 is 0. The average molecular weight is 297 g/mol. The molecule has 21 heavy (non-hydrogen) atoms. The Labute approximate surface area is 125 Å². The van der Waals surface area contributed by atoms with Crippen molar-refractivity contribution in [2.45, 2.75) is 32.3 Å². The fourth-order valence-corrected chi connectivity index (χ4v) is 2.01. The molecule has 0 fully saturated rings. The van der Waals surface area contributed by atoms with Crippen molar-refractivity contribution in [1.29, 1.82) is 0 Å². The molecule has 1 aromatic rings. The van der Waals surface area contributed by atoms with Crippen molar-refractivity contribution in [2.24, 2.45) is 5.92 Å². The van der Waals surface area contributed by atoms with Crippen molar-refractivity contribution < 1.29 is 19.0 Å². The monoisotopic (exact) mass is 297 g/mol. The molecule has 2 atom stereocenters. The first-order valence-electron chi connectivity index (χ1n) is 7.12. The van der Waals surface area contributed by atoms with E-state index in [-0.39, 0.29) is 24.2 Å². The Kier molecular flexibility index (Phi) is 6.78. The second-order valence-corrected chi connectivity index (χ2v) is 5.53. The van der Waals surface area contributed by atoms with Crippen LogP contribution in [0.5, 0.6) is 0 Å². The van der Waals surface area contributed by atoms with Crippen molar-refractivity contribution in [3.05, 3.63) is 35.6 Å². The van der Waals surface area contributed by atoms with E-state index in [1.54, 1.807) is 14.0 Å². The Morgan fingerprint density at radius 2 is 2.05 bits per heavy atom. The summed E-state index contributed by atoms with van der Waals surface area (Å²) in [6.07, 6.45) is 1.55. The van der Waals surface area contributed by atoms with E-state index in [1.807, 2.05) is 6.92 Å². The third kappa shape index (κ3) is 5.81. The Morgan fingerprint density at radius 1 is 1.43 bits per heavy atom. The number of methoxy groups -OCH3 is 1. The van der Waals surface area contributed by atoms with E-state index in [1.165, 1.54) is 24.3 Å². The molecule has 0 saturated heterocycles. The van der Waals surface area contributed by atoms with Gasteiger partial charge in [-0.15, -0.1) is 0 Å². The fourth-order valence-electron chi connectivity index (χ4n) is 2.01. The van der Waals surface area contributed by atoms with Crippen molar-refractivity contribution >= 4 is 5.91 Å². The van der Waals surface area contributed by atoms with E-state index < -0.39 is 5.60 Å². The summed E-state index contributed by atoms with van der Waals surface area (Å²) in [5.74, 6) is -0.594. The van der Waals surface area contributed by atoms with Gasteiger partial charge in [-0.1, -0.05) is 19.1 Å². The summed E-state index contributed by atoms with van der Waals surface area (Å²) in [6.45, 7) is 4.16. The number of amides is 1. The van der Waals surface area contributed by atoms with E-state index >= 15 is 0 Å². The summed E-state index contributed by atoms with van der Waals surface area (Å²) in [7, 11) is 1.63. The molecule has 0 aromatic heterocycles. The van der Waals surface area contributed by atoms with Gasteiger partial charge in [-0.05, 0) is 37.5 Å². The Bertz CT molecular complexity index is 445. The highest BCUT2D eigenvalue weighted by Crippen LogP contribution is 2.20. The third-order valence-corrected chi connectivity index (χ3v) is 3.51. The molecule has 1 aromatic carbocycles. The number of ether oxygens (including phenoxy) is 1. The lowest BCUT2D eigenvalue weighted by Crippen LogP contribution is -2.40. The second-order valence-electron chi connectivity index (χ2n) is 5.53. The number of halogens is 1. The lowest BCUT2D eigenvalue weighted by Gasteiger charge is -2.25. The SMILES string of the molecule is COCCCC(C)C(=O)NCC(C)(O)c1ccc(F)cc1. The molecule has 118 valence electrons. The Balaban J connectivity index is 2.48. The molecule has 0 heterocycles. The minimum absolute atomic E-state index is 0.0894. The molecule has 5 heteroatoms. The van der Waals surface area contributed by atoms with E-state index in [4.69, 9.17) is 4.74 Å². The van der Waals surface area contributed by atoms with Gasteiger partial charge >= 0.3 is 0 Å². The third-order valence-electron chi connectivity index (χ3n) is 3.51. The van der Waals surface area contributed by atoms with Crippen LogP contribution in [0.3, 0.4) is 0 Å². The maximum atomic E-state index is 12.9. The lowest BCUT2D eigenvalue weighted by molar-refractivity contribution is -0.126. The molecule has 0 aliphatic heterocycles. The zero-order chi connectivity index (χ0) is 15.9. The highest BCUT2D eigenvalue weighted by atomic mass is 19.1. The first-order valence-corrected chi connectivity index (χ1v) is 7.12. The van der Waals surface area contributed by atoms with Gasteiger partial charge in [-0.3, -0.25) is 4.79 Å². The lowest BCUT2D eigenvalue weighted by atomic mass is 9.95. The van der Waals surface area contributed by atoms with Crippen LogP contribution in [0.1, 0.15) is 32.3 Å². The van der Waals surface area contributed by atoms with Gasteiger partial charge in [-0.2, -0.15) is 0 Å². The molecular formula is C16H24FNO3. The number of hydrogen-bond acceptors (Lipinski definition) is 3. The number of rotatable bonds is 8. The molecule has 1 amide bonds. The molecule has 0 bridgehead atoms. The maximum Gasteiger partial charge on any atom is 0.222 e. The molecule has 2 N–H and O–H groups in total. The predicted molar refractivity (Wildman–Crippen MR) is 79.3 cm³/mol. The molecule has 4 nitrogen and oxygen atoms in total. The minimum Gasteiger partial charge on any atom is -0.385 e. The van der Waals surface area contributed by atoms with Crippen molar-refractivity contribution in [1.82, 2.24) is 5.32 Å². The first-order chi connectivity index (χ1) is 9.86. The summed E-state index contributed by atoms with van der Waals surface area (Å²) in [5, 5.41) is 13.1. The van der Waals surface area contributed by atoms with Crippen molar-refractivity contribution in [3.63, 3.8) is 0 Å². The second kappa shape index (κ2) is 8.10. The zero-order valence-corrected chi connectivity index (χ0v) is 12.9. The van der Waals surface area contributed by atoms with Crippen LogP contribution in [0.2, 0.25) is 0 Å². The standard InChI is InChI=1S/C16H24FNO3/c1-12(5-4-10-21-3)15(19)18-11-16(2,20)13-6-8-14(17)9-7-13/h6-9,12,20H,4-5,10-11H2,1-3H3,(H,18,19). The van der Waals surface area contributed by atoms with Gasteiger partial charge in [0, 0.05) is 19.6 Å². The van der Waals surface area contributed by atoms with Gasteiger partial charge in [0.15, 0.2) is 0 Å². The number of nitrogens with one attached hydrogen (secondary N) is 1. The van der Waals surface area contributed by atoms with Gasteiger partial charge < -0.3 is 15.2 Å². The Hall–Kier alpha value is -1.46. The summed E-state index contributed by atoms with van der Waals surface area (Å²) in [6, 6.07) is 5.62. The number of carbonyl (C=O) groups excluding carboxylic acids is 1. The van der Waals surface area contributed by atoms with Gasteiger partial charge in [0.2, 0.25) is 5.91 Å². The van der Waals surface area contributed by atoms with E-state index in [0.29, 0.717) is 12.2 Å². The summed E-state index contributed by atoms with van der Waals surface area (Å²) in [4.78, 5) is 11.9. The van der Waals surface area contributed by atoms with Crippen LogP contribution in [0, 0.1) is 11.7 Å². The minimum atomic E-state index is -1.23. The molecule has 0 radical (unpaired) electrons. The molecular weight excluding hydrogens is 273 g/mol. The number of carbonyl (C=O) groups is 1. The van der Waals surface area contributed by atoms with Crippen molar-refractivity contribution in [3.8, 4) is 0 Å². The predicted octanol–water partition coefficient (Wildman–Crippen LogP) is 2.21. The van der Waals surface area contributed by atoms with Gasteiger partial charge in [0.25, 0.3) is 0 Å². The Morgan fingerprint density at radius 3 is 2.62 bits per heavy atom. The molecule has 0 aliphatic carbocycles. The topological polar surface area (TPSA) is 58.6 Å². The molecule has 0 aliphatic rings. The molecule has 2 unspecified atom stereocenters. The zero-order valence-electron chi connectivity index (χ0n) is 12.9. The molecule has 0 saturated carbocycles. The van der Waals surface area contributed by atoms with Crippen LogP contribution in [-0.2, 0) is 15.1 Å². The maximum absolute atomic E-state index is 12.9. The number of benzene rings is 1. The normalized spacial score (nSPS) is 15.3. The fraction of sp³-hybridized carbons (Fsp3) is 0.562. The molecule has 0 spiro atoms. The van der Waals surface area contributed by atoms with Gasteiger partial charge in [0.1, 0.15) is 11.4 Å². The van der Waals surface area contributed by atoms with Crippen molar-refractivity contribution in [2.75, 3.05) is 20.3 Å². The summed E-state index contributed by atoms with van der Waals surface area (Å²) < 4.78 is 17.8. The highest BCUT2D eigenvalue weighted by molar-refractivity contribution is 5.78. The quantitative estimate of drug-likeness (QED) is 0.723. The highest BCUT2D eigenvalue weighted by Gasteiger charge is 2.24. The number of aliphatic hydroxyl groups is 1.